The van der Waals surface area contributed by atoms with Crippen molar-refractivity contribution in [3.63, 3.8) is 0 Å². The Morgan fingerprint density at radius 1 is 1.19 bits per heavy atom. The second kappa shape index (κ2) is 5.26. The van der Waals surface area contributed by atoms with Crippen LogP contribution in [0, 0.1) is 11.3 Å². The number of rotatable bonds is 3. The lowest BCUT2D eigenvalue weighted by molar-refractivity contribution is 0.801. The monoisotopic (exact) mass is 278 g/mol. The predicted octanol–water partition coefficient (Wildman–Crippen LogP) is 1.25. The van der Waals surface area contributed by atoms with Crippen molar-refractivity contribution in [2.45, 2.75) is 0 Å². The van der Waals surface area contributed by atoms with Crippen molar-refractivity contribution in [2.24, 2.45) is 0 Å². The van der Waals surface area contributed by atoms with Crippen LogP contribution in [0.15, 0.2) is 42.7 Å². The number of nitriles is 1. The van der Waals surface area contributed by atoms with Crippen LogP contribution >= 0.6 is 0 Å². The summed E-state index contributed by atoms with van der Waals surface area (Å²) in [6, 6.07) is 10.8. The highest BCUT2D eigenvalue weighted by molar-refractivity contribution is 5.57. The molecule has 0 saturated heterocycles. The Bertz CT molecular complexity index is 803. The molecule has 2 heterocycles. The quantitative estimate of drug-likeness (QED) is 0.740. The molecule has 0 amide bonds. The number of hydrogen-bond acceptors (Lipinski definition) is 7. The van der Waals surface area contributed by atoms with Gasteiger partial charge in [-0.3, -0.25) is 0 Å². The van der Waals surface area contributed by atoms with Gasteiger partial charge in [-0.05, 0) is 24.3 Å². The number of nitrogen functional groups attached to an aromatic ring is 1. The third kappa shape index (κ3) is 2.76. The van der Waals surface area contributed by atoms with Gasteiger partial charge >= 0.3 is 0 Å². The topological polar surface area (TPSA) is 118 Å². The Labute approximate surface area is 119 Å². The summed E-state index contributed by atoms with van der Waals surface area (Å²) in [6.45, 7) is 0. The standard InChI is InChI=1S/C13H10N8/c14-8-9-3-1-4-10(7-9)17-12-18-11(15)19-13(20-12)21-6-2-5-16-21/h1-7H,(H3,15,17,18,19,20). The van der Waals surface area contributed by atoms with Crippen LogP contribution < -0.4 is 11.1 Å². The SMILES string of the molecule is N#Cc1cccc(Nc2nc(N)nc(-n3cccn3)n2)c1. The van der Waals surface area contributed by atoms with Crippen LogP contribution in [0.2, 0.25) is 0 Å². The van der Waals surface area contributed by atoms with Gasteiger partial charge in [0.25, 0.3) is 5.95 Å². The minimum absolute atomic E-state index is 0.0782. The lowest BCUT2D eigenvalue weighted by atomic mass is 10.2. The molecule has 0 aliphatic carbocycles. The van der Waals surface area contributed by atoms with Gasteiger partial charge in [0.1, 0.15) is 0 Å². The van der Waals surface area contributed by atoms with Crippen molar-refractivity contribution in [1.29, 1.82) is 5.26 Å². The van der Waals surface area contributed by atoms with Crippen molar-refractivity contribution in [3.8, 4) is 12.0 Å². The summed E-state index contributed by atoms with van der Waals surface area (Å²) in [5.74, 6) is 0.670. The van der Waals surface area contributed by atoms with Gasteiger partial charge in [0.2, 0.25) is 11.9 Å². The minimum atomic E-state index is 0.0782. The Kier molecular flexibility index (Phi) is 3.15. The normalized spacial score (nSPS) is 10.0. The second-order valence-electron chi connectivity index (χ2n) is 4.09. The van der Waals surface area contributed by atoms with E-state index in [1.54, 1.807) is 42.7 Å². The maximum atomic E-state index is 8.89. The van der Waals surface area contributed by atoms with Gasteiger partial charge in [-0.2, -0.15) is 25.3 Å². The largest absolute Gasteiger partial charge is 0.368 e. The summed E-state index contributed by atoms with van der Waals surface area (Å²) in [5, 5.41) is 15.9. The fraction of sp³-hybridized carbons (Fsp3) is 0. The van der Waals surface area contributed by atoms with E-state index in [4.69, 9.17) is 11.0 Å². The van der Waals surface area contributed by atoms with Crippen molar-refractivity contribution in [2.75, 3.05) is 11.1 Å². The van der Waals surface area contributed by atoms with Crippen molar-refractivity contribution in [1.82, 2.24) is 24.7 Å². The average Bonchev–Trinajstić information content (AvgIpc) is 3.01. The van der Waals surface area contributed by atoms with Gasteiger partial charge in [0.15, 0.2) is 0 Å². The molecule has 3 rings (SSSR count). The first-order chi connectivity index (χ1) is 10.2. The van der Waals surface area contributed by atoms with E-state index in [2.05, 4.69) is 31.4 Å². The third-order valence-electron chi connectivity index (χ3n) is 2.60. The maximum absolute atomic E-state index is 8.89. The summed E-state index contributed by atoms with van der Waals surface area (Å²) >= 11 is 0. The Balaban J connectivity index is 1.94. The second-order valence-corrected chi connectivity index (χ2v) is 4.09. The smallest absolute Gasteiger partial charge is 0.257 e. The van der Waals surface area contributed by atoms with Crippen molar-refractivity contribution >= 4 is 17.6 Å². The van der Waals surface area contributed by atoms with Crippen LogP contribution in [0.1, 0.15) is 5.56 Å². The highest BCUT2D eigenvalue weighted by Crippen LogP contribution is 2.15. The number of nitrogens with one attached hydrogen (secondary N) is 1. The van der Waals surface area contributed by atoms with E-state index < -0.39 is 0 Å². The van der Waals surface area contributed by atoms with Gasteiger partial charge in [-0.25, -0.2) is 4.68 Å². The Morgan fingerprint density at radius 2 is 2.10 bits per heavy atom. The Hall–Kier alpha value is -3.47. The van der Waals surface area contributed by atoms with E-state index in [1.807, 2.05) is 0 Å². The molecule has 3 aromatic rings. The molecule has 0 unspecified atom stereocenters. The zero-order valence-electron chi connectivity index (χ0n) is 10.8. The lowest BCUT2D eigenvalue weighted by Crippen LogP contribution is -2.09. The molecule has 102 valence electrons. The van der Waals surface area contributed by atoms with Gasteiger partial charge in [0.05, 0.1) is 11.6 Å². The van der Waals surface area contributed by atoms with Gasteiger partial charge in [-0.15, -0.1) is 0 Å². The summed E-state index contributed by atoms with van der Waals surface area (Å²) in [4.78, 5) is 12.3. The molecule has 0 bridgehead atoms. The van der Waals surface area contributed by atoms with Crippen LogP contribution in [0.3, 0.4) is 0 Å². The number of hydrogen-bond donors (Lipinski definition) is 2. The molecular weight excluding hydrogens is 268 g/mol. The first-order valence-corrected chi connectivity index (χ1v) is 6.03. The Morgan fingerprint density at radius 3 is 2.86 bits per heavy atom. The van der Waals surface area contributed by atoms with Crippen LogP contribution in [0.25, 0.3) is 5.95 Å². The van der Waals surface area contributed by atoms with E-state index >= 15 is 0 Å². The molecule has 3 N–H and O–H groups in total. The van der Waals surface area contributed by atoms with Crippen LogP contribution in [-0.4, -0.2) is 24.7 Å². The van der Waals surface area contributed by atoms with Crippen LogP contribution in [0.5, 0.6) is 0 Å². The molecule has 0 saturated carbocycles. The van der Waals surface area contributed by atoms with Crippen LogP contribution in [0.4, 0.5) is 17.6 Å². The summed E-state index contributed by atoms with van der Waals surface area (Å²) in [7, 11) is 0. The summed E-state index contributed by atoms with van der Waals surface area (Å²) in [6.07, 6.45) is 3.32. The zero-order chi connectivity index (χ0) is 14.7. The molecule has 0 radical (unpaired) electrons. The van der Waals surface area contributed by atoms with E-state index in [1.165, 1.54) is 4.68 Å². The molecule has 2 aromatic heterocycles. The molecule has 1 aromatic carbocycles. The van der Waals surface area contributed by atoms with Crippen LogP contribution in [-0.2, 0) is 0 Å². The lowest BCUT2D eigenvalue weighted by Gasteiger charge is -2.07. The van der Waals surface area contributed by atoms with E-state index in [0.717, 1.165) is 0 Å². The fourth-order valence-electron chi connectivity index (χ4n) is 1.72. The highest BCUT2D eigenvalue weighted by atomic mass is 15.4. The molecular formula is C13H10N8. The van der Waals surface area contributed by atoms with E-state index in [-0.39, 0.29) is 11.9 Å². The highest BCUT2D eigenvalue weighted by Gasteiger charge is 2.07. The van der Waals surface area contributed by atoms with Gasteiger partial charge in [0, 0.05) is 18.1 Å². The maximum Gasteiger partial charge on any atom is 0.257 e. The molecule has 0 aliphatic rings. The van der Waals surface area contributed by atoms with E-state index in [9.17, 15) is 0 Å². The molecule has 8 heteroatoms. The zero-order valence-corrected chi connectivity index (χ0v) is 10.8. The number of anilines is 3. The van der Waals surface area contributed by atoms with Gasteiger partial charge in [-0.1, -0.05) is 6.07 Å². The first-order valence-electron chi connectivity index (χ1n) is 6.03. The third-order valence-corrected chi connectivity index (χ3v) is 2.60. The molecule has 0 atom stereocenters. The van der Waals surface area contributed by atoms with Crippen molar-refractivity contribution < 1.29 is 0 Å². The summed E-state index contributed by atoms with van der Waals surface area (Å²) in [5.41, 5.74) is 6.90. The number of nitrogens with zero attached hydrogens (tertiary/aromatic N) is 6. The first kappa shape index (κ1) is 12.6. The fourth-order valence-corrected chi connectivity index (χ4v) is 1.72. The van der Waals surface area contributed by atoms with Crippen molar-refractivity contribution in [3.05, 3.63) is 48.3 Å². The molecule has 0 spiro atoms. The molecule has 0 fully saturated rings. The molecule has 21 heavy (non-hydrogen) atoms. The van der Waals surface area contributed by atoms with E-state index in [0.29, 0.717) is 17.2 Å². The molecule has 0 aliphatic heterocycles. The average molecular weight is 278 g/mol. The summed E-state index contributed by atoms with van der Waals surface area (Å²) < 4.78 is 1.48. The predicted molar refractivity (Wildman–Crippen MR) is 75.8 cm³/mol. The number of benzene rings is 1. The number of aromatic nitrogens is 5. The number of nitrogens with two attached hydrogens (primary N) is 1. The minimum Gasteiger partial charge on any atom is -0.368 e. The molecule has 8 nitrogen and oxygen atoms in total. The van der Waals surface area contributed by atoms with Gasteiger partial charge < -0.3 is 11.1 Å².